The number of nitrogens with zero attached hydrogens (tertiary/aromatic N) is 3. The fourth-order valence-electron chi connectivity index (χ4n) is 3.11. The van der Waals surface area contributed by atoms with Crippen LogP contribution in [-0.4, -0.2) is 74.7 Å². The van der Waals surface area contributed by atoms with Gasteiger partial charge in [0.25, 0.3) is 0 Å². The molecule has 2 aliphatic rings. The van der Waals surface area contributed by atoms with E-state index in [4.69, 9.17) is 4.74 Å². The number of guanidine groups is 1. The van der Waals surface area contributed by atoms with Gasteiger partial charge in [-0.1, -0.05) is 0 Å². The maximum atomic E-state index is 11.8. The van der Waals surface area contributed by atoms with E-state index in [-0.39, 0.29) is 12.5 Å². The molecule has 0 saturated carbocycles. The van der Waals surface area contributed by atoms with E-state index < -0.39 is 0 Å². The highest BCUT2D eigenvalue weighted by molar-refractivity contribution is 5.85. The van der Waals surface area contributed by atoms with Crippen LogP contribution in [0.1, 0.15) is 33.1 Å². The standard InChI is InChI=1S/C16H30N4O2/c1-13(2)18-15(17-11-14(21)19(3)4)20-8-5-16(12-20)6-9-22-10-7-16/h13H,5-12H2,1-4H3,(H,17,18). The Morgan fingerprint density at radius 3 is 2.59 bits per heavy atom. The largest absolute Gasteiger partial charge is 0.381 e. The number of nitrogens with one attached hydrogen (secondary N) is 1. The average molecular weight is 310 g/mol. The Hall–Kier alpha value is -1.30. The Morgan fingerprint density at radius 1 is 1.32 bits per heavy atom. The van der Waals surface area contributed by atoms with Crippen molar-refractivity contribution >= 4 is 11.9 Å². The van der Waals surface area contributed by atoms with Gasteiger partial charge in [0.1, 0.15) is 6.54 Å². The molecule has 1 amide bonds. The van der Waals surface area contributed by atoms with E-state index in [1.807, 2.05) is 0 Å². The fourth-order valence-corrected chi connectivity index (χ4v) is 3.11. The third kappa shape index (κ3) is 4.35. The number of likely N-dealkylation sites (tertiary alicyclic amines) is 1. The van der Waals surface area contributed by atoms with Crippen LogP contribution in [0.15, 0.2) is 4.99 Å². The highest BCUT2D eigenvalue weighted by Crippen LogP contribution is 2.39. The molecule has 126 valence electrons. The molecule has 2 saturated heterocycles. The number of ether oxygens (including phenoxy) is 1. The van der Waals surface area contributed by atoms with Gasteiger partial charge >= 0.3 is 0 Å². The smallest absolute Gasteiger partial charge is 0.243 e. The number of likely N-dealkylation sites (N-methyl/N-ethyl adjacent to an activating group) is 1. The van der Waals surface area contributed by atoms with Crippen LogP contribution >= 0.6 is 0 Å². The van der Waals surface area contributed by atoms with Gasteiger partial charge in [-0.25, -0.2) is 4.99 Å². The lowest BCUT2D eigenvalue weighted by atomic mass is 9.80. The molecule has 0 aromatic rings. The summed E-state index contributed by atoms with van der Waals surface area (Å²) in [6.07, 6.45) is 3.46. The lowest BCUT2D eigenvalue weighted by Crippen LogP contribution is -2.45. The molecular weight excluding hydrogens is 280 g/mol. The van der Waals surface area contributed by atoms with Gasteiger partial charge in [0.2, 0.25) is 5.91 Å². The molecule has 0 aromatic carbocycles. The first-order chi connectivity index (χ1) is 10.4. The van der Waals surface area contributed by atoms with Crippen molar-refractivity contribution in [1.82, 2.24) is 15.1 Å². The first kappa shape index (κ1) is 17.1. The summed E-state index contributed by atoms with van der Waals surface area (Å²) in [5.74, 6) is 0.900. The number of rotatable bonds is 3. The Kier molecular flexibility index (Phi) is 5.67. The van der Waals surface area contributed by atoms with Gasteiger partial charge < -0.3 is 19.9 Å². The van der Waals surface area contributed by atoms with E-state index in [1.54, 1.807) is 19.0 Å². The molecule has 6 nitrogen and oxygen atoms in total. The molecule has 2 aliphatic heterocycles. The topological polar surface area (TPSA) is 57.2 Å². The second kappa shape index (κ2) is 7.31. The Labute approximate surface area is 133 Å². The summed E-state index contributed by atoms with van der Waals surface area (Å²) in [5.41, 5.74) is 0.378. The molecule has 2 heterocycles. The quantitative estimate of drug-likeness (QED) is 0.622. The number of aliphatic imine (C=N–C) groups is 1. The molecule has 1 spiro atoms. The molecule has 6 heteroatoms. The summed E-state index contributed by atoms with van der Waals surface area (Å²) in [5, 5.41) is 3.41. The third-order valence-corrected chi connectivity index (χ3v) is 4.57. The van der Waals surface area contributed by atoms with E-state index in [1.165, 1.54) is 6.42 Å². The molecule has 0 unspecified atom stereocenters. The van der Waals surface area contributed by atoms with Crippen molar-refractivity contribution in [3.63, 3.8) is 0 Å². The molecule has 1 N–H and O–H groups in total. The average Bonchev–Trinajstić information content (AvgIpc) is 2.87. The van der Waals surface area contributed by atoms with E-state index in [0.29, 0.717) is 11.5 Å². The van der Waals surface area contributed by atoms with Crippen molar-refractivity contribution in [3.8, 4) is 0 Å². The molecule has 2 fully saturated rings. The van der Waals surface area contributed by atoms with Crippen LogP contribution in [0, 0.1) is 5.41 Å². The van der Waals surface area contributed by atoms with Gasteiger partial charge in [-0.3, -0.25) is 4.79 Å². The molecule has 22 heavy (non-hydrogen) atoms. The van der Waals surface area contributed by atoms with Crippen molar-refractivity contribution < 1.29 is 9.53 Å². The van der Waals surface area contributed by atoms with Gasteiger partial charge in [0.05, 0.1) is 0 Å². The summed E-state index contributed by atoms with van der Waals surface area (Å²) < 4.78 is 5.51. The molecule has 0 aliphatic carbocycles. The molecule has 2 rings (SSSR count). The van der Waals surface area contributed by atoms with Gasteiger partial charge in [-0.15, -0.1) is 0 Å². The second-order valence-corrected chi connectivity index (χ2v) is 7.01. The number of amides is 1. The fraction of sp³-hybridized carbons (Fsp3) is 0.875. The lowest BCUT2D eigenvalue weighted by Gasteiger charge is -2.34. The summed E-state index contributed by atoms with van der Waals surface area (Å²) in [6, 6.07) is 0.305. The van der Waals surface area contributed by atoms with Crippen LogP contribution in [0.25, 0.3) is 0 Å². The Morgan fingerprint density at radius 2 is 2.00 bits per heavy atom. The summed E-state index contributed by atoms with van der Waals surface area (Å²) in [4.78, 5) is 20.3. The maximum absolute atomic E-state index is 11.8. The first-order valence-electron chi connectivity index (χ1n) is 8.26. The zero-order valence-corrected chi connectivity index (χ0v) is 14.4. The van der Waals surface area contributed by atoms with Crippen molar-refractivity contribution in [2.24, 2.45) is 10.4 Å². The van der Waals surface area contributed by atoms with Crippen LogP contribution in [0.3, 0.4) is 0 Å². The predicted octanol–water partition coefficient (Wildman–Crippen LogP) is 0.931. The number of carbonyl (C=O) groups excluding carboxylic acids is 1. The third-order valence-electron chi connectivity index (χ3n) is 4.57. The zero-order valence-electron chi connectivity index (χ0n) is 14.4. The Balaban J connectivity index is 2.02. The molecular formula is C16H30N4O2. The van der Waals surface area contributed by atoms with Crippen molar-refractivity contribution in [2.75, 3.05) is 46.9 Å². The van der Waals surface area contributed by atoms with E-state index >= 15 is 0 Å². The Bertz CT molecular complexity index is 414. The van der Waals surface area contributed by atoms with Crippen molar-refractivity contribution in [1.29, 1.82) is 0 Å². The number of carbonyl (C=O) groups is 1. The molecule has 0 aromatic heterocycles. The molecule has 0 radical (unpaired) electrons. The van der Waals surface area contributed by atoms with Gasteiger partial charge in [-0.2, -0.15) is 0 Å². The van der Waals surface area contributed by atoms with E-state index in [2.05, 4.69) is 29.1 Å². The minimum Gasteiger partial charge on any atom is -0.381 e. The number of hydrogen-bond donors (Lipinski definition) is 1. The minimum atomic E-state index is 0.0306. The van der Waals surface area contributed by atoms with Gasteiger partial charge in [0, 0.05) is 46.4 Å². The highest BCUT2D eigenvalue weighted by atomic mass is 16.5. The molecule has 0 bridgehead atoms. The van der Waals surface area contributed by atoms with E-state index in [9.17, 15) is 4.79 Å². The number of hydrogen-bond acceptors (Lipinski definition) is 3. The van der Waals surface area contributed by atoms with Gasteiger partial charge in [0.15, 0.2) is 5.96 Å². The van der Waals surface area contributed by atoms with Crippen LogP contribution in [0.5, 0.6) is 0 Å². The lowest BCUT2D eigenvalue weighted by molar-refractivity contribution is -0.127. The second-order valence-electron chi connectivity index (χ2n) is 7.01. The van der Waals surface area contributed by atoms with Crippen LogP contribution < -0.4 is 5.32 Å². The highest BCUT2D eigenvalue weighted by Gasteiger charge is 2.40. The van der Waals surface area contributed by atoms with E-state index in [0.717, 1.165) is 45.1 Å². The van der Waals surface area contributed by atoms with Gasteiger partial charge in [-0.05, 0) is 38.5 Å². The summed E-state index contributed by atoms with van der Waals surface area (Å²) in [6.45, 7) is 8.18. The first-order valence-corrected chi connectivity index (χ1v) is 8.26. The van der Waals surface area contributed by atoms with Crippen molar-refractivity contribution in [3.05, 3.63) is 0 Å². The van der Waals surface area contributed by atoms with Crippen molar-refractivity contribution in [2.45, 2.75) is 39.2 Å². The molecule has 0 atom stereocenters. The van der Waals surface area contributed by atoms with Crippen LogP contribution in [-0.2, 0) is 9.53 Å². The van der Waals surface area contributed by atoms with Crippen LogP contribution in [0.2, 0.25) is 0 Å². The summed E-state index contributed by atoms with van der Waals surface area (Å²) in [7, 11) is 3.53. The maximum Gasteiger partial charge on any atom is 0.243 e. The zero-order chi connectivity index (χ0) is 16.2. The monoisotopic (exact) mass is 310 g/mol. The minimum absolute atomic E-state index is 0.0306. The van der Waals surface area contributed by atoms with Crippen LogP contribution in [0.4, 0.5) is 0 Å². The summed E-state index contributed by atoms with van der Waals surface area (Å²) >= 11 is 0. The normalized spacial score (nSPS) is 21.5. The SMILES string of the molecule is CC(C)NC(=NCC(=O)N(C)C)N1CCC2(CCOCC2)C1. The predicted molar refractivity (Wildman–Crippen MR) is 87.9 cm³/mol.